The summed E-state index contributed by atoms with van der Waals surface area (Å²) < 4.78 is 17.7. The lowest BCUT2D eigenvalue weighted by molar-refractivity contribution is -0.143. The minimum atomic E-state index is -0.544. The smallest absolute Gasteiger partial charge is 0.466 e. The van der Waals surface area contributed by atoms with Crippen LogP contribution in [-0.2, 0) is 18.8 Å². The second-order valence-electron chi connectivity index (χ2n) is 7.66. The maximum atomic E-state index is 12.3. The number of pyridine rings is 1. The van der Waals surface area contributed by atoms with Gasteiger partial charge < -0.3 is 14.0 Å². The lowest BCUT2D eigenvalue weighted by Gasteiger charge is -2.32. The summed E-state index contributed by atoms with van der Waals surface area (Å²) in [4.78, 5) is 16.8. The van der Waals surface area contributed by atoms with E-state index in [4.69, 9.17) is 14.0 Å². The number of esters is 1. The Balaban J connectivity index is 2.03. The lowest BCUT2D eigenvalue weighted by Crippen LogP contribution is -2.41. The van der Waals surface area contributed by atoms with Crippen molar-refractivity contribution in [3.8, 4) is 0 Å². The minimum Gasteiger partial charge on any atom is -0.466 e. The number of nitrogens with zero attached hydrogens (tertiary/aromatic N) is 1. The summed E-state index contributed by atoms with van der Waals surface area (Å²) >= 11 is 0. The van der Waals surface area contributed by atoms with Crippen LogP contribution in [0.3, 0.4) is 0 Å². The van der Waals surface area contributed by atoms with Gasteiger partial charge in [-0.3, -0.25) is 9.78 Å². The van der Waals surface area contributed by atoms with Crippen molar-refractivity contribution in [1.82, 2.24) is 4.98 Å². The fraction of sp³-hybridized carbons (Fsp3) is 0.500. The first-order chi connectivity index (χ1) is 12.2. The van der Waals surface area contributed by atoms with Crippen LogP contribution in [-0.4, -0.2) is 35.9 Å². The second kappa shape index (κ2) is 7.01. The molecule has 26 heavy (non-hydrogen) atoms. The van der Waals surface area contributed by atoms with Gasteiger partial charge in [-0.1, -0.05) is 24.3 Å². The summed E-state index contributed by atoms with van der Waals surface area (Å²) in [5, 5.41) is 1.02. The highest BCUT2D eigenvalue weighted by Crippen LogP contribution is 2.42. The van der Waals surface area contributed by atoms with Crippen LogP contribution in [0, 0.1) is 0 Å². The van der Waals surface area contributed by atoms with Crippen LogP contribution in [0.1, 0.15) is 52.4 Å². The Bertz CT molecular complexity index is 784. The van der Waals surface area contributed by atoms with Gasteiger partial charge in [0.15, 0.2) is 0 Å². The van der Waals surface area contributed by atoms with Gasteiger partial charge in [-0.25, -0.2) is 0 Å². The van der Waals surface area contributed by atoms with Gasteiger partial charge in [-0.15, -0.1) is 0 Å². The number of hydrogen-bond donors (Lipinski definition) is 0. The van der Waals surface area contributed by atoms with E-state index in [2.05, 4.69) is 4.98 Å². The highest BCUT2D eigenvalue weighted by Gasteiger charge is 2.54. The number of ether oxygens (including phenoxy) is 1. The van der Waals surface area contributed by atoms with E-state index in [-0.39, 0.29) is 18.2 Å². The van der Waals surface area contributed by atoms with Crippen LogP contribution in [0.15, 0.2) is 36.5 Å². The van der Waals surface area contributed by atoms with Gasteiger partial charge >= 0.3 is 13.1 Å². The average molecular weight is 355 g/mol. The van der Waals surface area contributed by atoms with E-state index in [1.807, 2.05) is 58.0 Å². The minimum absolute atomic E-state index is 0.181. The molecule has 1 aliphatic rings. The number of para-hydroxylation sites is 1. The molecule has 1 aliphatic heterocycles. The number of aromatic nitrogens is 1. The lowest BCUT2D eigenvalue weighted by atomic mass is 9.65. The van der Waals surface area contributed by atoms with Gasteiger partial charge in [0.2, 0.25) is 0 Å². The monoisotopic (exact) mass is 355 g/mol. The third-order valence-electron chi connectivity index (χ3n) is 5.36. The molecule has 0 radical (unpaired) electrons. The molecule has 6 heteroatoms. The Morgan fingerprint density at radius 1 is 1.15 bits per heavy atom. The molecule has 2 aromatic rings. The molecule has 3 rings (SSSR count). The van der Waals surface area contributed by atoms with Gasteiger partial charge in [0.25, 0.3) is 0 Å². The first kappa shape index (κ1) is 18.9. The normalized spacial score (nSPS) is 19.5. The molecule has 0 amide bonds. The van der Waals surface area contributed by atoms with Gasteiger partial charge in [-0.05, 0) is 46.2 Å². The Kier molecular flexibility index (Phi) is 5.08. The molecule has 0 N–H and O–H groups in total. The molecule has 1 atom stereocenters. The third-order valence-corrected chi connectivity index (χ3v) is 5.36. The van der Waals surface area contributed by atoms with Gasteiger partial charge in [0, 0.05) is 17.4 Å². The number of fused-ring (bicyclic) bond motifs is 1. The van der Waals surface area contributed by atoms with E-state index in [0.717, 1.165) is 16.5 Å². The summed E-state index contributed by atoms with van der Waals surface area (Å²) in [6, 6.07) is 9.89. The van der Waals surface area contributed by atoms with Gasteiger partial charge in [0.05, 0.1) is 29.7 Å². The molecule has 138 valence electrons. The second-order valence-corrected chi connectivity index (χ2v) is 7.66. The van der Waals surface area contributed by atoms with E-state index in [1.165, 1.54) is 0 Å². The van der Waals surface area contributed by atoms with Crippen molar-refractivity contribution in [3.05, 3.63) is 42.1 Å². The maximum Gasteiger partial charge on any atom is 0.466 e. The fourth-order valence-corrected chi connectivity index (χ4v) is 3.23. The quantitative estimate of drug-likeness (QED) is 0.601. The summed E-state index contributed by atoms with van der Waals surface area (Å²) in [6.45, 7) is 10.2. The molecule has 1 aromatic carbocycles. The van der Waals surface area contributed by atoms with Crippen molar-refractivity contribution in [2.24, 2.45) is 0 Å². The zero-order valence-electron chi connectivity index (χ0n) is 16.1. The van der Waals surface area contributed by atoms with E-state index in [9.17, 15) is 4.79 Å². The molecule has 0 aliphatic carbocycles. The first-order valence-corrected chi connectivity index (χ1v) is 9.10. The summed E-state index contributed by atoms with van der Waals surface area (Å²) in [5.74, 6) is -0.561. The molecule has 0 spiro atoms. The number of carbonyl (C=O) groups is 1. The molecule has 1 fully saturated rings. The molecule has 1 unspecified atom stereocenters. The maximum absolute atomic E-state index is 12.3. The SMILES string of the molecule is CCOC(=O)CC(B1OC(C)(C)C(C)(C)O1)c1cccc2cccnc12. The molecule has 1 saturated heterocycles. The van der Waals surface area contributed by atoms with Crippen LogP contribution in [0.25, 0.3) is 10.9 Å². The zero-order chi connectivity index (χ0) is 18.9. The summed E-state index contributed by atoms with van der Waals surface area (Å²) in [5.41, 5.74) is 0.860. The number of benzene rings is 1. The van der Waals surface area contributed by atoms with Crippen LogP contribution in [0.2, 0.25) is 0 Å². The van der Waals surface area contributed by atoms with Crippen molar-refractivity contribution >= 4 is 24.0 Å². The third kappa shape index (κ3) is 3.48. The van der Waals surface area contributed by atoms with Crippen molar-refractivity contribution in [2.45, 2.75) is 58.1 Å². The summed E-state index contributed by atoms with van der Waals surface area (Å²) in [6.07, 6.45) is 1.94. The molecule has 0 bridgehead atoms. The molecule has 5 nitrogen and oxygen atoms in total. The molecule has 2 heterocycles. The van der Waals surface area contributed by atoms with Crippen molar-refractivity contribution in [2.75, 3.05) is 6.61 Å². The Labute approximate surface area is 155 Å². The van der Waals surface area contributed by atoms with Crippen LogP contribution >= 0.6 is 0 Å². The number of hydrogen-bond acceptors (Lipinski definition) is 5. The molecule has 0 saturated carbocycles. The van der Waals surface area contributed by atoms with Crippen LogP contribution in [0.5, 0.6) is 0 Å². The van der Waals surface area contributed by atoms with Crippen LogP contribution < -0.4 is 0 Å². The first-order valence-electron chi connectivity index (χ1n) is 9.10. The fourth-order valence-electron chi connectivity index (χ4n) is 3.23. The topological polar surface area (TPSA) is 57.7 Å². The highest BCUT2D eigenvalue weighted by molar-refractivity contribution is 6.48. The number of rotatable bonds is 5. The molecular formula is C20H26BNO4. The molecular weight excluding hydrogens is 329 g/mol. The average Bonchev–Trinajstić information content (AvgIpc) is 2.80. The Morgan fingerprint density at radius 2 is 1.81 bits per heavy atom. The Hall–Kier alpha value is -1.92. The van der Waals surface area contributed by atoms with Gasteiger partial charge in [0.1, 0.15) is 0 Å². The van der Waals surface area contributed by atoms with Crippen molar-refractivity contribution < 1.29 is 18.8 Å². The zero-order valence-corrected chi connectivity index (χ0v) is 16.1. The van der Waals surface area contributed by atoms with E-state index in [0.29, 0.717) is 6.61 Å². The molecule has 1 aromatic heterocycles. The number of carbonyl (C=O) groups excluding carboxylic acids is 1. The van der Waals surface area contributed by atoms with Crippen molar-refractivity contribution in [3.63, 3.8) is 0 Å². The standard InChI is InChI=1S/C20H26BNO4/c1-6-24-17(23)13-16(21-25-19(2,3)20(4,5)26-21)15-11-7-9-14-10-8-12-22-18(14)15/h7-12,16H,6,13H2,1-5H3. The van der Waals surface area contributed by atoms with E-state index < -0.39 is 18.3 Å². The van der Waals surface area contributed by atoms with E-state index >= 15 is 0 Å². The Morgan fingerprint density at radius 3 is 2.46 bits per heavy atom. The predicted molar refractivity (Wildman–Crippen MR) is 102 cm³/mol. The largest absolute Gasteiger partial charge is 0.466 e. The van der Waals surface area contributed by atoms with Gasteiger partial charge in [-0.2, -0.15) is 0 Å². The predicted octanol–water partition coefficient (Wildman–Crippen LogP) is 3.90. The van der Waals surface area contributed by atoms with E-state index in [1.54, 1.807) is 13.1 Å². The highest BCUT2D eigenvalue weighted by atomic mass is 16.7. The van der Waals surface area contributed by atoms with Crippen molar-refractivity contribution in [1.29, 1.82) is 0 Å². The van der Waals surface area contributed by atoms with Crippen LogP contribution in [0.4, 0.5) is 0 Å². The summed E-state index contributed by atoms with van der Waals surface area (Å²) in [7, 11) is -0.544.